The number of ether oxygens (including phenoxy) is 3. The smallest absolute Gasteiger partial charge is 0.248 e. The molecule has 3 aromatic rings. The predicted octanol–water partition coefficient (Wildman–Crippen LogP) is 4.39. The molecule has 0 bridgehead atoms. The van der Waals surface area contributed by atoms with Gasteiger partial charge in [-0.05, 0) is 35.9 Å². The molecular formula is C21H20N2O4S. The fourth-order valence-electron chi connectivity index (χ4n) is 2.43. The average Bonchev–Trinajstić information content (AvgIpc) is 3.25. The molecule has 0 saturated heterocycles. The van der Waals surface area contributed by atoms with Crippen LogP contribution in [-0.2, 0) is 11.4 Å². The molecule has 6 nitrogen and oxygen atoms in total. The lowest BCUT2D eigenvalue weighted by atomic mass is 10.2. The molecule has 2 aromatic carbocycles. The number of anilines is 1. The van der Waals surface area contributed by atoms with E-state index in [0.29, 0.717) is 29.5 Å². The summed E-state index contributed by atoms with van der Waals surface area (Å²) in [6, 6.07) is 12.7. The van der Waals surface area contributed by atoms with Crippen LogP contribution < -0.4 is 19.5 Å². The second-order valence-corrected chi connectivity index (χ2v) is 6.45. The van der Waals surface area contributed by atoms with Crippen LogP contribution in [0.25, 0.3) is 6.08 Å². The number of benzene rings is 2. The van der Waals surface area contributed by atoms with E-state index in [1.165, 1.54) is 17.4 Å². The second kappa shape index (κ2) is 9.57. The first-order valence-corrected chi connectivity index (χ1v) is 9.43. The van der Waals surface area contributed by atoms with Crippen molar-refractivity contribution < 1.29 is 19.0 Å². The van der Waals surface area contributed by atoms with Gasteiger partial charge < -0.3 is 19.5 Å². The quantitative estimate of drug-likeness (QED) is 0.572. The minimum absolute atomic E-state index is 0.272. The van der Waals surface area contributed by atoms with Crippen LogP contribution in [0, 0.1) is 0 Å². The Bertz CT molecular complexity index is 933. The highest BCUT2D eigenvalue weighted by Gasteiger charge is 2.07. The van der Waals surface area contributed by atoms with Gasteiger partial charge >= 0.3 is 0 Å². The zero-order valence-electron chi connectivity index (χ0n) is 15.5. The molecular weight excluding hydrogens is 376 g/mol. The molecule has 1 amide bonds. The predicted molar refractivity (Wildman–Crippen MR) is 110 cm³/mol. The van der Waals surface area contributed by atoms with E-state index in [2.05, 4.69) is 10.3 Å². The van der Waals surface area contributed by atoms with Crippen LogP contribution >= 0.6 is 11.3 Å². The molecule has 1 N–H and O–H groups in total. The maximum atomic E-state index is 12.4. The molecule has 0 fully saturated rings. The fourth-order valence-corrected chi connectivity index (χ4v) is 2.97. The van der Waals surface area contributed by atoms with Crippen molar-refractivity contribution in [3.8, 4) is 17.2 Å². The summed E-state index contributed by atoms with van der Waals surface area (Å²) in [4.78, 5) is 16.5. The molecule has 0 aliphatic heterocycles. The Balaban J connectivity index is 1.67. The number of methoxy groups -OCH3 is 2. The van der Waals surface area contributed by atoms with Crippen LogP contribution in [0.3, 0.4) is 0 Å². The molecule has 0 spiro atoms. The maximum absolute atomic E-state index is 12.4. The van der Waals surface area contributed by atoms with Gasteiger partial charge in [-0.15, -0.1) is 11.3 Å². The number of carbonyl (C=O) groups excluding carboxylic acids is 1. The number of amides is 1. The summed E-state index contributed by atoms with van der Waals surface area (Å²) in [5.41, 5.74) is 3.98. The van der Waals surface area contributed by atoms with Crippen molar-refractivity contribution in [3.63, 3.8) is 0 Å². The van der Waals surface area contributed by atoms with E-state index in [9.17, 15) is 4.79 Å². The summed E-state index contributed by atoms with van der Waals surface area (Å²) >= 11 is 1.51. The Kier molecular flexibility index (Phi) is 6.64. The normalized spacial score (nSPS) is 10.6. The Morgan fingerprint density at radius 2 is 1.89 bits per heavy atom. The number of carbonyl (C=O) groups is 1. The first-order chi connectivity index (χ1) is 13.7. The van der Waals surface area contributed by atoms with E-state index >= 15 is 0 Å². The van der Waals surface area contributed by atoms with E-state index < -0.39 is 0 Å². The maximum Gasteiger partial charge on any atom is 0.248 e. The van der Waals surface area contributed by atoms with E-state index in [0.717, 1.165) is 11.3 Å². The summed E-state index contributed by atoms with van der Waals surface area (Å²) in [5, 5.41) is 4.76. The monoisotopic (exact) mass is 396 g/mol. The molecule has 0 aliphatic rings. The van der Waals surface area contributed by atoms with Crippen LogP contribution in [0.2, 0.25) is 0 Å². The first-order valence-electron chi connectivity index (χ1n) is 8.49. The molecule has 0 unspecified atom stereocenters. The van der Waals surface area contributed by atoms with Gasteiger partial charge in [0.15, 0.2) is 0 Å². The molecule has 7 heteroatoms. The van der Waals surface area contributed by atoms with E-state index in [1.54, 1.807) is 44.0 Å². The Hall–Kier alpha value is -3.32. The topological polar surface area (TPSA) is 69.7 Å². The summed E-state index contributed by atoms with van der Waals surface area (Å²) < 4.78 is 16.3. The third-order valence-corrected chi connectivity index (χ3v) is 4.44. The van der Waals surface area contributed by atoms with Gasteiger partial charge in [0.2, 0.25) is 5.91 Å². The first kappa shape index (κ1) is 19.4. The van der Waals surface area contributed by atoms with Crippen LogP contribution in [0.4, 0.5) is 5.69 Å². The van der Waals surface area contributed by atoms with Gasteiger partial charge in [-0.3, -0.25) is 4.79 Å². The molecule has 0 radical (unpaired) electrons. The lowest BCUT2D eigenvalue weighted by molar-refractivity contribution is -0.111. The highest BCUT2D eigenvalue weighted by atomic mass is 32.1. The average molecular weight is 396 g/mol. The molecule has 0 saturated carbocycles. The Morgan fingerprint density at radius 3 is 2.57 bits per heavy atom. The van der Waals surface area contributed by atoms with Crippen LogP contribution in [0.1, 0.15) is 11.3 Å². The third-order valence-electron chi connectivity index (χ3n) is 3.80. The van der Waals surface area contributed by atoms with Crippen LogP contribution in [-0.4, -0.2) is 25.1 Å². The molecule has 1 aromatic heterocycles. The molecule has 0 atom stereocenters. The van der Waals surface area contributed by atoms with Gasteiger partial charge in [0.05, 0.1) is 31.1 Å². The molecule has 1 heterocycles. The van der Waals surface area contributed by atoms with E-state index in [1.807, 2.05) is 29.6 Å². The van der Waals surface area contributed by atoms with Gasteiger partial charge in [0.25, 0.3) is 0 Å². The number of thiazole rings is 1. The van der Waals surface area contributed by atoms with E-state index in [-0.39, 0.29) is 5.91 Å². The minimum atomic E-state index is -0.272. The summed E-state index contributed by atoms with van der Waals surface area (Å²) in [6.07, 6.45) is 3.14. The van der Waals surface area contributed by atoms with Gasteiger partial charge in [-0.1, -0.05) is 12.1 Å². The van der Waals surface area contributed by atoms with Crippen molar-refractivity contribution >= 4 is 29.0 Å². The standard InChI is InChI=1S/C21H20N2O4S/c1-25-17-9-15(10-18(11-17)26-2)7-8-21(24)23-19-5-3-4-6-20(19)27-12-16-13-28-14-22-16/h3-11,13-14H,12H2,1-2H3,(H,23,24)/b8-7+. The molecule has 28 heavy (non-hydrogen) atoms. The van der Waals surface area contributed by atoms with E-state index in [4.69, 9.17) is 14.2 Å². The number of aromatic nitrogens is 1. The zero-order valence-corrected chi connectivity index (χ0v) is 16.4. The van der Waals surface area contributed by atoms with Gasteiger partial charge in [-0.2, -0.15) is 0 Å². The number of nitrogens with zero attached hydrogens (tertiary/aromatic N) is 1. The largest absolute Gasteiger partial charge is 0.497 e. The SMILES string of the molecule is COc1cc(/C=C/C(=O)Nc2ccccc2OCc2cscn2)cc(OC)c1. The highest BCUT2D eigenvalue weighted by molar-refractivity contribution is 7.07. The number of rotatable bonds is 8. The van der Waals surface area contributed by atoms with Crippen molar-refractivity contribution in [2.45, 2.75) is 6.61 Å². The van der Waals surface area contributed by atoms with Gasteiger partial charge in [0.1, 0.15) is 23.9 Å². The summed E-state index contributed by atoms with van der Waals surface area (Å²) in [5.74, 6) is 1.62. The number of hydrogen-bond acceptors (Lipinski definition) is 6. The number of hydrogen-bond donors (Lipinski definition) is 1. The van der Waals surface area contributed by atoms with Crippen LogP contribution in [0.15, 0.2) is 59.4 Å². The van der Waals surface area contributed by atoms with Gasteiger partial charge in [0, 0.05) is 17.5 Å². The fraction of sp³-hybridized carbons (Fsp3) is 0.143. The summed E-state index contributed by atoms with van der Waals surface area (Å²) in [7, 11) is 3.16. The lowest BCUT2D eigenvalue weighted by Crippen LogP contribution is -2.09. The molecule has 144 valence electrons. The van der Waals surface area contributed by atoms with Crippen molar-refractivity contribution in [1.82, 2.24) is 4.98 Å². The van der Waals surface area contributed by atoms with Gasteiger partial charge in [-0.25, -0.2) is 4.98 Å². The number of para-hydroxylation sites is 2. The Labute approximate surface area is 167 Å². The second-order valence-electron chi connectivity index (χ2n) is 5.73. The van der Waals surface area contributed by atoms with Crippen LogP contribution in [0.5, 0.6) is 17.2 Å². The van der Waals surface area contributed by atoms with Crippen molar-refractivity contribution in [3.05, 3.63) is 70.7 Å². The summed E-state index contributed by atoms with van der Waals surface area (Å²) in [6.45, 7) is 0.343. The number of nitrogens with one attached hydrogen (secondary N) is 1. The zero-order chi connectivity index (χ0) is 19.8. The third kappa shape index (κ3) is 5.34. The van der Waals surface area contributed by atoms with Crippen molar-refractivity contribution in [2.24, 2.45) is 0 Å². The molecule has 0 aliphatic carbocycles. The highest BCUT2D eigenvalue weighted by Crippen LogP contribution is 2.25. The minimum Gasteiger partial charge on any atom is -0.497 e. The Morgan fingerprint density at radius 1 is 1.14 bits per heavy atom. The van der Waals surface area contributed by atoms with Crippen molar-refractivity contribution in [2.75, 3.05) is 19.5 Å². The lowest BCUT2D eigenvalue weighted by Gasteiger charge is -2.10. The molecule has 3 rings (SSSR count). The van der Waals surface area contributed by atoms with Crippen molar-refractivity contribution in [1.29, 1.82) is 0 Å².